The van der Waals surface area contributed by atoms with E-state index in [0.29, 0.717) is 0 Å². The molecule has 0 saturated carbocycles. The molecule has 9 N–H and O–H groups in total. The molecule has 0 aromatic carbocycles. The molecule has 2 amide bonds. The van der Waals surface area contributed by atoms with Crippen molar-refractivity contribution in [2.75, 3.05) is 12.6 Å². The molecule has 0 fully saturated rings. The molecule has 14 heteroatoms. The van der Waals surface area contributed by atoms with E-state index < -0.39 is 58.1 Å². The number of carbonyl (C=O) groups excluding carboxylic acids is 2. The predicted molar refractivity (Wildman–Crippen MR) is 68.2 cm³/mol. The molecule has 0 aliphatic carbocycles. The lowest BCUT2D eigenvalue weighted by molar-refractivity contribution is -0.159. The van der Waals surface area contributed by atoms with Crippen molar-refractivity contribution in [2.45, 2.75) is 18.6 Å². The highest BCUT2D eigenvalue weighted by atomic mass is 31.2. The molecule has 0 heterocycles. The van der Waals surface area contributed by atoms with Crippen molar-refractivity contribution in [1.29, 1.82) is 0 Å². The smallest absolute Gasteiger partial charge is 0.339 e. The molecule has 0 radical (unpaired) electrons. The van der Waals surface area contributed by atoms with Gasteiger partial charge in [-0.25, -0.2) is 4.90 Å². The molecule has 124 valence electrons. The SMILES string of the molecule is NC(=O)CCC(O)(C(N)=O)N(CP(=O)(O)O)CP(=O)(O)O. The van der Waals surface area contributed by atoms with Crippen molar-refractivity contribution in [3.8, 4) is 0 Å². The molecule has 0 aliphatic heterocycles. The zero-order valence-corrected chi connectivity index (χ0v) is 12.5. The number of primary amides is 2. The van der Waals surface area contributed by atoms with E-state index in [1.807, 2.05) is 0 Å². The van der Waals surface area contributed by atoms with E-state index in [9.17, 15) is 23.8 Å². The minimum atomic E-state index is -4.89. The zero-order chi connectivity index (χ0) is 17.1. The number of hydrogen-bond acceptors (Lipinski definition) is 6. The first-order chi connectivity index (χ1) is 9.17. The van der Waals surface area contributed by atoms with Crippen LogP contribution in [0.4, 0.5) is 0 Å². The lowest BCUT2D eigenvalue weighted by Crippen LogP contribution is -2.58. The van der Waals surface area contributed by atoms with Crippen LogP contribution in [0.3, 0.4) is 0 Å². The van der Waals surface area contributed by atoms with Crippen molar-refractivity contribution >= 4 is 27.0 Å². The van der Waals surface area contributed by atoms with Gasteiger partial charge in [-0.15, -0.1) is 0 Å². The van der Waals surface area contributed by atoms with Gasteiger partial charge in [0.1, 0.15) is 12.6 Å². The Kier molecular flexibility index (Phi) is 6.67. The van der Waals surface area contributed by atoms with Crippen molar-refractivity contribution in [3.63, 3.8) is 0 Å². The molecule has 0 spiro atoms. The maximum absolute atomic E-state index is 11.3. The summed E-state index contributed by atoms with van der Waals surface area (Å²) in [4.78, 5) is 57.6. The van der Waals surface area contributed by atoms with Crippen molar-refractivity contribution in [3.05, 3.63) is 0 Å². The lowest BCUT2D eigenvalue weighted by Gasteiger charge is -2.36. The Bertz CT molecular complexity index is 476. The second-order valence-electron chi connectivity index (χ2n) is 4.30. The van der Waals surface area contributed by atoms with Crippen LogP contribution in [0.15, 0.2) is 0 Å². The van der Waals surface area contributed by atoms with Crippen LogP contribution in [-0.2, 0) is 18.7 Å². The Balaban J connectivity index is 5.56. The van der Waals surface area contributed by atoms with Crippen LogP contribution in [0.5, 0.6) is 0 Å². The van der Waals surface area contributed by atoms with Gasteiger partial charge in [0.2, 0.25) is 5.91 Å². The maximum atomic E-state index is 11.3. The Morgan fingerprint density at radius 1 is 1.00 bits per heavy atom. The van der Waals surface area contributed by atoms with E-state index in [2.05, 4.69) is 0 Å². The summed E-state index contributed by atoms with van der Waals surface area (Å²) in [5.74, 6) is -2.49. The third kappa shape index (κ3) is 7.65. The summed E-state index contributed by atoms with van der Waals surface area (Å²) >= 11 is 0. The van der Waals surface area contributed by atoms with Gasteiger partial charge in [0, 0.05) is 12.8 Å². The second kappa shape index (κ2) is 6.95. The van der Waals surface area contributed by atoms with Gasteiger partial charge >= 0.3 is 15.2 Å². The number of aliphatic hydroxyl groups is 1. The number of amides is 2. The number of nitrogens with zero attached hydrogens (tertiary/aromatic N) is 1. The second-order valence-corrected chi connectivity index (χ2v) is 7.52. The third-order valence-electron chi connectivity index (χ3n) is 2.35. The minimum absolute atomic E-state index is 0.139. The lowest BCUT2D eigenvalue weighted by atomic mass is 10.1. The van der Waals surface area contributed by atoms with Crippen LogP contribution < -0.4 is 11.5 Å². The first kappa shape index (κ1) is 20.2. The van der Waals surface area contributed by atoms with Gasteiger partial charge in [0.15, 0.2) is 5.72 Å². The summed E-state index contributed by atoms with van der Waals surface area (Å²) in [5, 5.41) is 10.1. The Labute approximate surface area is 119 Å². The number of rotatable bonds is 9. The fraction of sp³-hybridized carbons (Fsp3) is 0.714. The van der Waals surface area contributed by atoms with Gasteiger partial charge in [-0.05, 0) is 0 Å². The summed E-state index contributed by atoms with van der Waals surface area (Å²) in [5.41, 5.74) is 6.88. The molecule has 1 unspecified atom stereocenters. The maximum Gasteiger partial charge on any atom is 0.339 e. The van der Waals surface area contributed by atoms with Gasteiger partial charge in [-0.2, -0.15) is 0 Å². The number of carbonyl (C=O) groups is 2. The van der Waals surface area contributed by atoms with E-state index in [-0.39, 0.29) is 4.90 Å². The first-order valence-electron chi connectivity index (χ1n) is 5.32. The predicted octanol–water partition coefficient (Wildman–Crippen LogP) is -3.00. The molecule has 0 aromatic heterocycles. The summed E-state index contributed by atoms with van der Waals surface area (Å²) in [6.45, 7) is 0. The fourth-order valence-electron chi connectivity index (χ4n) is 1.46. The molecule has 0 bridgehead atoms. The molecule has 12 nitrogen and oxygen atoms in total. The number of nitrogens with two attached hydrogens (primary N) is 2. The minimum Gasteiger partial charge on any atom is -0.370 e. The summed E-state index contributed by atoms with van der Waals surface area (Å²) < 4.78 is 22.0. The Hall–Kier alpha value is -0.840. The van der Waals surface area contributed by atoms with E-state index in [4.69, 9.17) is 31.0 Å². The highest BCUT2D eigenvalue weighted by Crippen LogP contribution is 2.43. The highest BCUT2D eigenvalue weighted by molar-refractivity contribution is 7.52. The van der Waals surface area contributed by atoms with Crippen LogP contribution in [0.25, 0.3) is 0 Å². The van der Waals surface area contributed by atoms with Crippen LogP contribution in [0.2, 0.25) is 0 Å². The fourth-order valence-corrected chi connectivity index (χ4v) is 3.17. The average Bonchev–Trinajstić information content (AvgIpc) is 2.20. The van der Waals surface area contributed by atoms with Crippen LogP contribution in [-0.4, -0.2) is 59.7 Å². The topological polar surface area (TPSA) is 225 Å². The van der Waals surface area contributed by atoms with Crippen molar-refractivity contribution < 1.29 is 43.4 Å². The van der Waals surface area contributed by atoms with Gasteiger partial charge in [0.05, 0.1) is 0 Å². The average molecular weight is 349 g/mol. The Morgan fingerprint density at radius 3 is 1.62 bits per heavy atom. The van der Waals surface area contributed by atoms with Gasteiger partial charge in [-0.3, -0.25) is 18.7 Å². The molecular formula is C7H17N3O9P2. The van der Waals surface area contributed by atoms with E-state index in [1.54, 1.807) is 0 Å². The molecule has 1 atom stereocenters. The van der Waals surface area contributed by atoms with Crippen molar-refractivity contribution in [1.82, 2.24) is 4.90 Å². The number of hydrogen-bond donors (Lipinski definition) is 7. The quantitative estimate of drug-likeness (QED) is 0.165. The third-order valence-corrected chi connectivity index (χ3v) is 3.77. The van der Waals surface area contributed by atoms with Crippen LogP contribution >= 0.6 is 15.2 Å². The molecule has 21 heavy (non-hydrogen) atoms. The van der Waals surface area contributed by atoms with E-state index in [1.165, 1.54) is 0 Å². The largest absolute Gasteiger partial charge is 0.370 e. The summed E-state index contributed by atoms with van der Waals surface area (Å²) in [6, 6.07) is 0. The molecule has 0 rings (SSSR count). The molecular weight excluding hydrogens is 332 g/mol. The zero-order valence-electron chi connectivity index (χ0n) is 10.7. The van der Waals surface area contributed by atoms with Crippen molar-refractivity contribution in [2.24, 2.45) is 11.5 Å². The molecule has 0 aromatic rings. The first-order valence-corrected chi connectivity index (χ1v) is 8.92. The van der Waals surface area contributed by atoms with Gasteiger partial charge < -0.3 is 36.1 Å². The Morgan fingerprint density at radius 2 is 1.38 bits per heavy atom. The summed E-state index contributed by atoms with van der Waals surface area (Å²) in [7, 11) is -9.79. The van der Waals surface area contributed by atoms with Crippen LogP contribution in [0.1, 0.15) is 12.8 Å². The normalized spacial score (nSPS) is 15.7. The van der Waals surface area contributed by atoms with E-state index >= 15 is 0 Å². The molecule has 0 saturated heterocycles. The van der Waals surface area contributed by atoms with Crippen LogP contribution in [0, 0.1) is 0 Å². The molecule has 0 aliphatic rings. The van der Waals surface area contributed by atoms with Gasteiger partial charge in [0.25, 0.3) is 5.91 Å². The standard InChI is InChI=1S/C7H17N3O9P2/c8-5(11)1-2-7(13,6(9)12)10(3-20(14,15)16)4-21(17,18)19/h13H,1-4H2,(H2,8,11)(H2,9,12)(H2,14,15,16)(H2,17,18,19). The van der Waals surface area contributed by atoms with E-state index in [0.717, 1.165) is 0 Å². The van der Waals surface area contributed by atoms with Gasteiger partial charge in [-0.1, -0.05) is 0 Å². The summed E-state index contributed by atoms with van der Waals surface area (Å²) in [6.07, 6.45) is -4.08. The monoisotopic (exact) mass is 349 g/mol. The highest BCUT2D eigenvalue weighted by Gasteiger charge is 2.45.